The molecule has 330 valence electrons. The molecule has 0 spiro atoms. The third-order valence-corrected chi connectivity index (χ3v) is 8.29. The number of rotatable bonds is 32. The summed E-state index contributed by atoms with van der Waals surface area (Å²) in [5.41, 5.74) is 14.4. The molecule has 0 bridgehead atoms. The Balaban J connectivity index is 2.73. The molecule has 0 fully saturated rings. The number of azide groups is 1. The number of hydrogen-bond acceptors (Lipinski definition) is 13. The van der Waals surface area contributed by atoms with E-state index in [1.807, 2.05) is 0 Å². The summed E-state index contributed by atoms with van der Waals surface area (Å²) >= 11 is 0. The molecule has 22 nitrogen and oxygen atoms in total. The third kappa shape index (κ3) is 24.8. The molecular weight excluding hydrogens is 776 g/mol. The maximum atomic E-state index is 13.6. The SMILES string of the molecule is COC(=O)CC[C@H](NC(=O)CCCC(=O)NCCOCCOCCOCCN=[N+]=[N-])C(=O)N[C@H](C(=O)N[C@@H](CCCNC(N)=O)C(=O)Nc1ccc(CO)cc1)C(C)C. The van der Waals surface area contributed by atoms with Crippen molar-refractivity contribution < 1.29 is 57.6 Å². The fourth-order valence-corrected chi connectivity index (χ4v) is 5.11. The van der Waals surface area contributed by atoms with Gasteiger partial charge in [-0.3, -0.25) is 28.8 Å². The van der Waals surface area contributed by atoms with Crippen molar-refractivity contribution in [2.24, 2.45) is 16.8 Å². The van der Waals surface area contributed by atoms with Crippen molar-refractivity contribution in [3.8, 4) is 0 Å². The third-order valence-electron chi connectivity index (χ3n) is 8.29. The summed E-state index contributed by atoms with van der Waals surface area (Å²) in [5.74, 6) is -4.02. The van der Waals surface area contributed by atoms with Crippen molar-refractivity contribution in [3.05, 3.63) is 40.3 Å². The molecular formula is C37H60N10O12. The van der Waals surface area contributed by atoms with Gasteiger partial charge in [0.15, 0.2) is 0 Å². The number of nitrogens with zero attached hydrogens (tertiary/aromatic N) is 3. The summed E-state index contributed by atoms with van der Waals surface area (Å²) in [6, 6.07) is 2.13. The first kappa shape index (κ1) is 51.5. The molecule has 1 aromatic rings. The maximum absolute atomic E-state index is 13.6. The predicted molar refractivity (Wildman–Crippen MR) is 213 cm³/mol. The molecule has 0 radical (unpaired) electrons. The van der Waals surface area contributed by atoms with E-state index in [0.717, 1.165) is 0 Å². The number of esters is 1. The number of aliphatic hydroxyl groups excluding tert-OH is 1. The molecule has 0 heterocycles. The number of methoxy groups -OCH3 is 1. The van der Waals surface area contributed by atoms with E-state index >= 15 is 0 Å². The number of anilines is 1. The standard InChI is InChI=1S/C37H60N10O12/c1-25(2)33(36(54)45-28(6-5-15-41-37(38)55)34(52)43-27-11-9-26(24-48)10-12-27)46-35(53)29(13-14-32(51)56-3)44-31(50)8-4-7-30(49)40-16-18-57-20-22-59-23-21-58-19-17-42-47-39/h9-12,25,28-29,33,48H,4-8,13-24H2,1-3H3,(H,40,49)(H,43,52)(H,44,50)(H,45,54)(H,46,53)(H3,38,41,55)/t28-,29-,33-/m0/s1. The van der Waals surface area contributed by atoms with Crippen molar-refractivity contribution >= 4 is 47.2 Å². The normalized spacial score (nSPS) is 12.2. The Kier molecular flexibility index (Phi) is 27.4. The maximum Gasteiger partial charge on any atom is 0.312 e. The van der Waals surface area contributed by atoms with Crippen LogP contribution in [0.15, 0.2) is 29.4 Å². The molecule has 0 aliphatic rings. The van der Waals surface area contributed by atoms with Gasteiger partial charge >= 0.3 is 12.0 Å². The number of ether oxygens (including phenoxy) is 4. The van der Waals surface area contributed by atoms with Gasteiger partial charge in [-0.1, -0.05) is 31.1 Å². The minimum Gasteiger partial charge on any atom is -0.469 e. The Labute approximate surface area is 343 Å². The lowest BCUT2D eigenvalue weighted by Crippen LogP contribution is -2.57. The molecule has 0 aromatic heterocycles. The van der Waals surface area contributed by atoms with Gasteiger partial charge in [0.2, 0.25) is 29.5 Å². The second-order valence-electron chi connectivity index (χ2n) is 13.3. The van der Waals surface area contributed by atoms with Crippen LogP contribution >= 0.6 is 0 Å². The fraction of sp³-hybridized carbons (Fsp3) is 0.649. The topological polar surface area (TPSA) is 324 Å². The van der Waals surface area contributed by atoms with Gasteiger partial charge in [0.1, 0.15) is 18.1 Å². The van der Waals surface area contributed by atoms with E-state index in [4.69, 9.17) is 30.2 Å². The smallest absolute Gasteiger partial charge is 0.312 e. The van der Waals surface area contributed by atoms with E-state index < -0.39 is 59.7 Å². The van der Waals surface area contributed by atoms with E-state index in [9.17, 15) is 38.7 Å². The molecule has 3 atom stereocenters. The van der Waals surface area contributed by atoms with E-state index in [-0.39, 0.29) is 83.7 Å². The zero-order chi connectivity index (χ0) is 43.8. The first-order valence-electron chi connectivity index (χ1n) is 19.3. The number of benzene rings is 1. The second kappa shape index (κ2) is 31.5. The molecule has 7 amide bonds. The lowest BCUT2D eigenvalue weighted by Gasteiger charge is -2.27. The highest BCUT2D eigenvalue weighted by Gasteiger charge is 2.32. The molecule has 0 saturated heterocycles. The number of carbonyl (C=O) groups excluding carboxylic acids is 7. The average molecular weight is 837 g/mol. The van der Waals surface area contributed by atoms with E-state index in [2.05, 4.69) is 41.9 Å². The van der Waals surface area contributed by atoms with Crippen LogP contribution in [-0.4, -0.2) is 131 Å². The van der Waals surface area contributed by atoms with Gasteiger partial charge in [0.25, 0.3) is 0 Å². The molecule has 0 aliphatic heterocycles. The molecule has 0 aliphatic carbocycles. The fourth-order valence-electron chi connectivity index (χ4n) is 5.11. The highest BCUT2D eigenvalue weighted by Crippen LogP contribution is 2.12. The van der Waals surface area contributed by atoms with Gasteiger partial charge in [-0.15, -0.1) is 0 Å². The Bertz CT molecular complexity index is 1510. The zero-order valence-corrected chi connectivity index (χ0v) is 34.0. The van der Waals surface area contributed by atoms with Crippen LogP contribution in [0.4, 0.5) is 10.5 Å². The van der Waals surface area contributed by atoms with Crippen molar-refractivity contribution in [1.29, 1.82) is 0 Å². The molecule has 22 heteroatoms. The number of primary amides is 1. The molecule has 1 aromatic carbocycles. The number of nitrogens with one attached hydrogen (secondary N) is 6. The summed E-state index contributed by atoms with van der Waals surface area (Å²) in [6.07, 6.45) is 0.0400. The summed E-state index contributed by atoms with van der Waals surface area (Å²) < 4.78 is 20.7. The van der Waals surface area contributed by atoms with Crippen LogP contribution in [-0.2, 0) is 54.3 Å². The number of aliphatic hydroxyl groups is 1. The highest BCUT2D eigenvalue weighted by atomic mass is 16.5. The van der Waals surface area contributed by atoms with Crippen LogP contribution in [0.1, 0.15) is 64.4 Å². The van der Waals surface area contributed by atoms with Crippen LogP contribution in [0.2, 0.25) is 0 Å². The van der Waals surface area contributed by atoms with Crippen molar-refractivity contribution in [1.82, 2.24) is 26.6 Å². The molecule has 0 saturated carbocycles. The molecule has 0 unspecified atom stereocenters. The first-order chi connectivity index (χ1) is 28.3. The van der Waals surface area contributed by atoms with Crippen molar-refractivity contribution in [2.45, 2.75) is 83.5 Å². The predicted octanol–water partition coefficient (Wildman–Crippen LogP) is 0.276. The molecule has 59 heavy (non-hydrogen) atoms. The zero-order valence-electron chi connectivity index (χ0n) is 34.0. The van der Waals surface area contributed by atoms with Crippen molar-refractivity contribution in [3.63, 3.8) is 0 Å². The summed E-state index contributed by atoms with van der Waals surface area (Å²) in [4.78, 5) is 91.4. The number of amides is 7. The molecule has 1 rings (SSSR count). The number of nitrogens with two attached hydrogens (primary N) is 1. The number of urea groups is 1. The van der Waals surface area contributed by atoms with Gasteiger partial charge in [0, 0.05) is 49.5 Å². The Morgan fingerprint density at radius 3 is 1.98 bits per heavy atom. The monoisotopic (exact) mass is 836 g/mol. The minimum atomic E-state index is -1.25. The van der Waals surface area contributed by atoms with Crippen LogP contribution in [0.25, 0.3) is 10.4 Å². The largest absolute Gasteiger partial charge is 0.469 e. The Morgan fingerprint density at radius 1 is 0.746 bits per heavy atom. The van der Waals surface area contributed by atoms with Gasteiger partial charge in [0.05, 0.1) is 53.4 Å². The van der Waals surface area contributed by atoms with Crippen LogP contribution < -0.4 is 37.6 Å². The lowest BCUT2D eigenvalue weighted by molar-refractivity contribution is -0.141. The average Bonchev–Trinajstić information content (AvgIpc) is 3.20. The van der Waals surface area contributed by atoms with E-state index in [1.54, 1.807) is 38.1 Å². The first-order valence-corrected chi connectivity index (χ1v) is 19.3. The minimum absolute atomic E-state index is 0.0200. The van der Waals surface area contributed by atoms with Crippen LogP contribution in [0.5, 0.6) is 0 Å². The van der Waals surface area contributed by atoms with E-state index in [0.29, 0.717) is 44.3 Å². The van der Waals surface area contributed by atoms with Gasteiger partial charge in [-0.25, -0.2) is 4.79 Å². The molecule has 9 N–H and O–H groups in total. The summed E-state index contributed by atoms with van der Waals surface area (Å²) in [5, 5.41) is 28.4. The summed E-state index contributed by atoms with van der Waals surface area (Å²) in [7, 11) is 1.18. The quantitative estimate of drug-likeness (QED) is 0.0160. The van der Waals surface area contributed by atoms with Gasteiger partial charge < -0.3 is 61.7 Å². The van der Waals surface area contributed by atoms with Gasteiger partial charge in [-0.05, 0) is 54.8 Å². The number of carbonyl (C=O) groups is 7. The van der Waals surface area contributed by atoms with Crippen molar-refractivity contribution in [2.75, 3.05) is 71.7 Å². The van der Waals surface area contributed by atoms with Crippen LogP contribution in [0, 0.1) is 5.92 Å². The van der Waals surface area contributed by atoms with E-state index in [1.165, 1.54) is 7.11 Å². The Morgan fingerprint density at radius 2 is 1.37 bits per heavy atom. The highest BCUT2D eigenvalue weighted by molar-refractivity contribution is 5.99. The van der Waals surface area contributed by atoms with Crippen LogP contribution in [0.3, 0.4) is 0 Å². The van der Waals surface area contributed by atoms with Gasteiger partial charge in [-0.2, -0.15) is 0 Å². The Hall–Kier alpha value is -5.54. The second-order valence-corrected chi connectivity index (χ2v) is 13.3. The number of hydrogen-bond donors (Lipinski definition) is 8. The lowest BCUT2D eigenvalue weighted by atomic mass is 10.0. The summed E-state index contributed by atoms with van der Waals surface area (Å²) in [6.45, 7) is 5.66.